The van der Waals surface area contributed by atoms with Crippen molar-refractivity contribution in [2.24, 2.45) is 0 Å². The molecule has 3 nitrogen and oxygen atoms in total. The molecule has 1 rings (SSSR count). The molecule has 1 N–H and O–H groups in total. The van der Waals surface area contributed by atoms with Crippen LogP contribution >= 0.6 is 12.2 Å². The smallest absolute Gasteiger partial charge is 0.449 e. The van der Waals surface area contributed by atoms with Gasteiger partial charge in [0.25, 0.3) is 0 Å². The predicted octanol–water partition coefficient (Wildman–Crippen LogP) is 1.89. The summed E-state index contributed by atoms with van der Waals surface area (Å²) in [4.78, 5) is 10.6. The van der Waals surface area contributed by atoms with Gasteiger partial charge in [0.2, 0.25) is 0 Å². The quantitative estimate of drug-likeness (QED) is 0.482. The van der Waals surface area contributed by atoms with E-state index in [2.05, 4.69) is 4.74 Å². The molecule has 0 aromatic rings. The topological polar surface area (TPSA) is 46.5 Å². The van der Waals surface area contributed by atoms with Gasteiger partial charge < -0.3 is 9.84 Å². The molecule has 0 amide bonds. The van der Waals surface area contributed by atoms with Gasteiger partial charge in [0.15, 0.2) is 0 Å². The molecule has 0 bridgehead atoms. The summed E-state index contributed by atoms with van der Waals surface area (Å²) in [6.45, 7) is 0. The Kier molecular flexibility index (Phi) is 2.38. The van der Waals surface area contributed by atoms with Gasteiger partial charge in [0.1, 0.15) is 5.76 Å². The maximum Gasteiger partial charge on any atom is 0.511 e. The molecule has 0 heterocycles. The van der Waals surface area contributed by atoms with Crippen LogP contribution in [0, 0.1) is 0 Å². The molecule has 0 saturated carbocycles. The highest BCUT2D eigenvalue weighted by atomic mass is 32.1. The molecule has 0 saturated heterocycles. The first-order valence-corrected chi connectivity index (χ1v) is 3.42. The average Bonchev–Trinajstić information content (AvgIpc) is 1.93. The molecule has 0 unspecified atom stereocenters. The van der Waals surface area contributed by atoms with E-state index in [9.17, 15) is 4.79 Å². The first-order chi connectivity index (χ1) is 5.20. The second-order valence-corrected chi connectivity index (χ2v) is 2.45. The maximum atomic E-state index is 10.1. The van der Waals surface area contributed by atoms with Crippen molar-refractivity contribution in [3.8, 4) is 0 Å². The van der Waals surface area contributed by atoms with Crippen molar-refractivity contribution in [1.29, 1.82) is 0 Å². The van der Waals surface area contributed by atoms with E-state index in [0.717, 1.165) is 0 Å². The minimum absolute atomic E-state index is 0.259. The highest BCUT2D eigenvalue weighted by Gasteiger charge is 2.10. The lowest BCUT2D eigenvalue weighted by Gasteiger charge is -2.07. The molecule has 0 fully saturated rings. The summed E-state index contributed by atoms with van der Waals surface area (Å²) >= 11 is 4.84. The fourth-order valence-corrected chi connectivity index (χ4v) is 0.915. The molecule has 0 atom stereocenters. The third kappa shape index (κ3) is 2.16. The number of hydrogen-bond acceptors (Lipinski definition) is 3. The van der Waals surface area contributed by atoms with Gasteiger partial charge in [-0.25, -0.2) is 4.79 Å². The normalized spacial score (nSPS) is 16.0. The largest absolute Gasteiger partial charge is 0.511 e. The Morgan fingerprint density at radius 3 is 3.00 bits per heavy atom. The Bertz CT molecular complexity index is 252. The summed E-state index contributed by atoms with van der Waals surface area (Å²) in [5.41, 5.74) is 0. The monoisotopic (exact) mass is 170 g/mol. The second-order valence-electron chi connectivity index (χ2n) is 1.95. The van der Waals surface area contributed by atoms with Crippen molar-refractivity contribution in [3.05, 3.63) is 24.0 Å². The van der Waals surface area contributed by atoms with Gasteiger partial charge in [-0.05, 0) is 6.08 Å². The van der Waals surface area contributed by atoms with E-state index in [4.69, 9.17) is 17.3 Å². The van der Waals surface area contributed by atoms with E-state index in [1.54, 1.807) is 12.2 Å². The Hall–Kier alpha value is -1.16. The number of thiocarbonyl (C=S) groups is 1. The van der Waals surface area contributed by atoms with Crippen molar-refractivity contribution < 1.29 is 14.6 Å². The van der Waals surface area contributed by atoms with Crippen molar-refractivity contribution in [1.82, 2.24) is 0 Å². The summed E-state index contributed by atoms with van der Waals surface area (Å²) in [5.74, 6) is 0.259. The van der Waals surface area contributed by atoms with E-state index in [0.29, 0.717) is 11.3 Å². The predicted molar refractivity (Wildman–Crippen MR) is 43.5 cm³/mol. The highest BCUT2D eigenvalue weighted by Crippen LogP contribution is 2.10. The van der Waals surface area contributed by atoms with Crippen LogP contribution in [0.25, 0.3) is 0 Å². The van der Waals surface area contributed by atoms with Crippen LogP contribution in [-0.4, -0.2) is 16.1 Å². The van der Waals surface area contributed by atoms with Crippen LogP contribution in [0.15, 0.2) is 24.0 Å². The Morgan fingerprint density at radius 1 is 1.73 bits per heavy atom. The molecule has 11 heavy (non-hydrogen) atoms. The molecule has 0 aromatic heterocycles. The van der Waals surface area contributed by atoms with Crippen molar-refractivity contribution in [2.45, 2.75) is 6.42 Å². The fourth-order valence-electron chi connectivity index (χ4n) is 0.709. The van der Waals surface area contributed by atoms with Gasteiger partial charge in [0.05, 0.1) is 4.86 Å². The summed E-state index contributed by atoms with van der Waals surface area (Å²) < 4.78 is 4.39. The summed E-state index contributed by atoms with van der Waals surface area (Å²) in [6.07, 6.45) is 4.35. The Morgan fingerprint density at radius 2 is 2.45 bits per heavy atom. The lowest BCUT2D eigenvalue weighted by Crippen LogP contribution is -2.09. The highest BCUT2D eigenvalue weighted by molar-refractivity contribution is 7.80. The minimum Gasteiger partial charge on any atom is -0.449 e. The molecular weight excluding hydrogens is 164 g/mol. The van der Waals surface area contributed by atoms with Gasteiger partial charge in [-0.2, -0.15) is 0 Å². The van der Waals surface area contributed by atoms with E-state index in [1.165, 1.54) is 0 Å². The zero-order chi connectivity index (χ0) is 8.27. The van der Waals surface area contributed by atoms with Crippen LogP contribution in [0.1, 0.15) is 6.42 Å². The summed E-state index contributed by atoms with van der Waals surface area (Å²) in [6, 6.07) is 0. The number of carboxylic acid groups (broad SMARTS) is 1. The van der Waals surface area contributed by atoms with E-state index in [-0.39, 0.29) is 5.76 Å². The van der Waals surface area contributed by atoms with Crippen LogP contribution in [0.5, 0.6) is 0 Å². The molecule has 1 aliphatic carbocycles. The number of hydrogen-bond donors (Lipinski definition) is 1. The van der Waals surface area contributed by atoms with Gasteiger partial charge in [-0.15, -0.1) is 0 Å². The maximum absolute atomic E-state index is 10.1. The van der Waals surface area contributed by atoms with Crippen LogP contribution in [0.4, 0.5) is 4.79 Å². The zero-order valence-electron chi connectivity index (χ0n) is 5.61. The van der Waals surface area contributed by atoms with Crippen LogP contribution in [0.2, 0.25) is 0 Å². The fraction of sp³-hybridized carbons (Fsp3) is 0.143. The molecule has 0 spiro atoms. The Balaban J connectivity index is 2.68. The SMILES string of the molecule is O=C(O)OC1=CC=CCC1=S. The first kappa shape index (κ1) is 7.94. The van der Waals surface area contributed by atoms with Gasteiger partial charge in [0, 0.05) is 6.42 Å². The van der Waals surface area contributed by atoms with Crippen LogP contribution < -0.4 is 0 Å². The van der Waals surface area contributed by atoms with E-state index >= 15 is 0 Å². The summed E-state index contributed by atoms with van der Waals surface area (Å²) in [7, 11) is 0. The standard InChI is InChI=1S/C7H6O3S/c8-7(9)10-5-3-1-2-4-6(5)11/h1-3H,4H2,(H,8,9). The molecule has 0 radical (unpaired) electrons. The minimum atomic E-state index is -1.33. The van der Waals surface area contributed by atoms with Gasteiger partial charge in [-0.3, -0.25) is 0 Å². The number of rotatable bonds is 1. The van der Waals surface area contributed by atoms with Crippen molar-refractivity contribution in [3.63, 3.8) is 0 Å². The lowest BCUT2D eigenvalue weighted by molar-refractivity contribution is 0.123. The molecule has 0 aromatic carbocycles. The van der Waals surface area contributed by atoms with Gasteiger partial charge in [-0.1, -0.05) is 24.4 Å². The molecular formula is C7H6O3S. The molecule has 0 aliphatic heterocycles. The number of ether oxygens (including phenoxy) is 1. The molecule has 58 valence electrons. The lowest BCUT2D eigenvalue weighted by atomic mass is 10.2. The summed E-state index contributed by atoms with van der Waals surface area (Å²) in [5, 5.41) is 8.24. The number of carbonyl (C=O) groups is 1. The van der Waals surface area contributed by atoms with Crippen molar-refractivity contribution in [2.75, 3.05) is 0 Å². The molecule has 1 aliphatic rings. The third-order valence-corrected chi connectivity index (χ3v) is 1.53. The number of allylic oxidation sites excluding steroid dienone is 4. The average molecular weight is 170 g/mol. The second kappa shape index (κ2) is 3.30. The first-order valence-electron chi connectivity index (χ1n) is 3.01. The van der Waals surface area contributed by atoms with Crippen LogP contribution in [0.3, 0.4) is 0 Å². The van der Waals surface area contributed by atoms with Crippen molar-refractivity contribution >= 4 is 23.2 Å². The zero-order valence-corrected chi connectivity index (χ0v) is 6.43. The van der Waals surface area contributed by atoms with E-state index < -0.39 is 6.16 Å². The van der Waals surface area contributed by atoms with E-state index in [1.807, 2.05) is 6.08 Å². The molecule has 4 heteroatoms. The Labute approximate surface area is 69.0 Å². The van der Waals surface area contributed by atoms with Gasteiger partial charge >= 0.3 is 6.16 Å². The third-order valence-electron chi connectivity index (χ3n) is 1.16. The van der Waals surface area contributed by atoms with Crippen LogP contribution in [-0.2, 0) is 4.74 Å².